The summed E-state index contributed by atoms with van der Waals surface area (Å²) in [5.41, 5.74) is -2.32. The van der Waals surface area contributed by atoms with E-state index in [0.29, 0.717) is 19.6 Å². The first-order chi connectivity index (χ1) is 18.2. The third-order valence-corrected chi connectivity index (χ3v) is 11.1. The van der Waals surface area contributed by atoms with Gasteiger partial charge in [-0.2, -0.15) is 0 Å². The summed E-state index contributed by atoms with van der Waals surface area (Å²) < 4.78 is 54.3. The highest BCUT2D eigenvalue weighted by Gasteiger charge is 2.83. The Labute approximate surface area is 223 Å². The van der Waals surface area contributed by atoms with E-state index in [2.05, 4.69) is 13.8 Å². The van der Waals surface area contributed by atoms with Gasteiger partial charge in [0.2, 0.25) is 0 Å². The smallest absolute Gasteiger partial charge is 0.341 e. The molecule has 3 heterocycles. The molecule has 2 bridgehead atoms. The van der Waals surface area contributed by atoms with Crippen LogP contribution in [0.15, 0.2) is 0 Å². The molecule has 38 heavy (non-hydrogen) atoms. The zero-order valence-electron chi connectivity index (χ0n) is 23.0. The van der Waals surface area contributed by atoms with Crippen molar-refractivity contribution in [2.24, 2.45) is 34.5 Å². The summed E-state index contributed by atoms with van der Waals surface area (Å²) in [5, 5.41) is 11.0. The number of aliphatic hydroxyl groups excluding tert-OH is 1. The van der Waals surface area contributed by atoms with E-state index in [-0.39, 0.29) is 55.9 Å². The number of fused-ring (bicyclic) bond motifs is 2. The largest absolute Gasteiger partial charge is 0.467 e. The Bertz CT molecular complexity index is 909. The molecular formula is C27H42O11. The third-order valence-electron chi connectivity index (χ3n) is 11.1. The van der Waals surface area contributed by atoms with Crippen LogP contribution in [0, 0.1) is 34.5 Å². The Kier molecular flexibility index (Phi) is 6.89. The fourth-order valence-corrected chi connectivity index (χ4v) is 9.78. The summed E-state index contributed by atoms with van der Waals surface area (Å²) in [6, 6.07) is 0. The maximum atomic E-state index is 13.7. The van der Waals surface area contributed by atoms with Crippen LogP contribution in [0.3, 0.4) is 0 Å². The minimum Gasteiger partial charge on any atom is -0.467 e. The number of carbonyl (C=O) groups is 1. The number of rotatable bonds is 7. The molecule has 0 unspecified atom stereocenters. The summed E-state index contributed by atoms with van der Waals surface area (Å²) in [6.45, 7) is 5.95. The zero-order chi connectivity index (χ0) is 26.9. The lowest BCUT2D eigenvalue weighted by molar-refractivity contribution is -0.355. The number of hydrogen-bond donors (Lipinski definition) is 1. The van der Waals surface area contributed by atoms with Crippen LogP contribution in [-0.2, 0) is 47.4 Å². The zero-order valence-corrected chi connectivity index (χ0v) is 23.0. The van der Waals surface area contributed by atoms with Gasteiger partial charge in [-0.1, -0.05) is 13.8 Å². The standard InChI is InChI=1S/C27H42O11/c1-15-16-10-18-25-12-37-27(23(29)32-5,17(25)11-19(28)38-18)22(34-14-31-4)20(33-13-30-3)21(25)24(16,2)6-7-26(15)35-8-9-36-26/h15-22,28H,6-14H2,1-5H3/t15-,16-,17+,18+,19-,20+,21+,22-,24-,25+,27-/m0/s1. The van der Waals surface area contributed by atoms with E-state index in [0.717, 1.165) is 12.8 Å². The van der Waals surface area contributed by atoms with Gasteiger partial charge in [0.05, 0.1) is 39.1 Å². The lowest BCUT2D eigenvalue weighted by Crippen LogP contribution is -2.78. The lowest BCUT2D eigenvalue weighted by Gasteiger charge is -2.70. The van der Waals surface area contributed by atoms with E-state index in [1.807, 2.05) is 0 Å². The topological polar surface area (TPSA) is 120 Å². The molecule has 0 aromatic heterocycles. The molecule has 11 heteroatoms. The molecule has 0 amide bonds. The molecule has 11 nitrogen and oxygen atoms in total. The molecular weight excluding hydrogens is 500 g/mol. The molecule has 3 saturated heterocycles. The van der Waals surface area contributed by atoms with E-state index in [1.165, 1.54) is 14.2 Å². The maximum absolute atomic E-state index is 13.7. The SMILES string of the molecule is COCO[C@@H]1[C@@H]2[C@@]3(C)CCC4(OCCO4)[C@@H](C)[C@@H]3C[C@H]3O[C@H](O)C[C@H]4[C@](C(=O)OC)(OC[C@]234)[C@H]1OCOC. The molecule has 6 rings (SSSR count). The fourth-order valence-electron chi connectivity index (χ4n) is 9.78. The highest BCUT2D eigenvalue weighted by molar-refractivity contribution is 5.82. The third kappa shape index (κ3) is 3.37. The molecule has 3 aliphatic carbocycles. The number of hydrogen-bond acceptors (Lipinski definition) is 11. The summed E-state index contributed by atoms with van der Waals surface area (Å²) in [4.78, 5) is 13.7. The van der Waals surface area contributed by atoms with Crippen molar-refractivity contribution in [2.75, 3.05) is 54.7 Å². The highest BCUT2D eigenvalue weighted by Crippen LogP contribution is 2.74. The van der Waals surface area contributed by atoms with E-state index in [4.69, 9.17) is 42.6 Å². The van der Waals surface area contributed by atoms with Crippen molar-refractivity contribution < 1.29 is 52.5 Å². The van der Waals surface area contributed by atoms with Crippen LogP contribution in [0.4, 0.5) is 0 Å². The summed E-state index contributed by atoms with van der Waals surface area (Å²) in [6.07, 6.45) is -0.300. The van der Waals surface area contributed by atoms with Crippen LogP contribution in [0.5, 0.6) is 0 Å². The van der Waals surface area contributed by atoms with Crippen LogP contribution in [-0.4, -0.2) is 102 Å². The van der Waals surface area contributed by atoms with Crippen molar-refractivity contribution >= 4 is 5.97 Å². The first-order valence-corrected chi connectivity index (χ1v) is 13.8. The Balaban J connectivity index is 1.52. The number of aliphatic hydroxyl groups is 1. The van der Waals surface area contributed by atoms with Crippen LogP contribution >= 0.6 is 0 Å². The lowest BCUT2D eigenvalue weighted by atomic mass is 9.37. The fraction of sp³-hybridized carbons (Fsp3) is 0.963. The van der Waals surface area contributed by atoms with Gasteiger partial charge in [0, 0.05) is 50.2 Å². The van der Waals surface area contributed by atoms with Gasteiger partial charge in [-0.15, -0.1) is 0 Å². The van der Waals surface area contributed by atoms with Crippen molar-refractivity contribution in [3.8, 4) is 0 Å². The van der Waals surface area contributed by atoms with Gasteiger partial charge in [-0.3, -0.25) is 0 Å². The van der Waals surface area contributed by atoms with Crippen molar-refractivity contribution in [1.29, 1.82) is 0 Å². The monoisotopic (exact) mass is 542 g/mol. The molecule has 2 spiro atoms. The average molecular weight is 543 g/mol. The van der Waals surface area contributed by atoms with Crippen molar-refractivity contribution in [3.05, 3.63) is 0 Å². The maximum Gasteiger partial charge on any atom is 0.341 e. The minimum atomic E-state index is -1.48. The summed E-state index contributed by atoms with van der Waals surface area (Å²) in [5.74, 6) is -1.45. The number of carbonyl (C=O) groups excluding carboxylic acids is 1. The molecule has 216 valence electrons. The quantitative estimate of drug-likeness (QED) is 0.372. The second-order valence-electron chi connectivity index (χ2n) is 12.2. The van der Waals surface area contributed by atoms with Crippen LogP contribution in [0.1, 0.15) is 39.5 Å². The number of methoxy groups -OCH3 is 3. The van der Waals surface area contributed by atoms with E-state index >= 15 is 0 Å². The van der Waals surface area contributed by atoms with Gasteiger partial charge in [-0.05, 0) is 24.2 Å². The van der Waals surface area contributed by atoms with Crippen molar-refractivity contribution in [2.45, 2.75) is 75.5 Å². The Hall–Kier alpha value is -0.890. The molecule has 3 aliphatic heterocycles. The second kappa shape index (κ2) is 9.60. The molecule has 3 saturated carbocycles. The van der Waals surface area contributed by atoms with Gasteiger partial charge in [0.25, 0.3) is 0 Å². The molecule has 0 aromatic carbocycles. The van der Waals surface area contributed by atoms with Gasteiger partial charge >= 0.3 is 5.97 Å². The van der Waals surface area contributed by atoms with Crippen LogP contribution < -0.4 is 0 Å². The van der Waals surface area contributed by atoms with Crippen LogP contribution in [0.2, 0.25) is 0 Å². The van der Waals surface area contributed by atoms with Crippen molar-refractivity contribution in [1.82, 2.24) is 0 Å². The molecule has 6 fully saturated rings. The number of ether oxygens (including phenoxy) is 9. The van der Waals surface area contributed by atoms with Gasteiger partial charge < -0.3 is 47.7 Å². The molecule has 0 aromatic rings. The van der Waals surface area contributed by atoms with E-state index < -0.39 is 47.2 Å². The minimum absolute atomic E-state index is 0.0205. The molecule has 1 N–H and O–H groups in total. The Morgan fingerprint density at radius 1 is 1.00 bits per heavy atom. The predicted molar refractivity (Wildman–Crippen MR) is 128 cm³/mol. The summed E-state index contributed by atoms with van der Waals surface area (Å²) in [7, 11) is 4.46. The van der Waals surface area contributed by atoms with Crippen LogP contribution in [0.25, 0.3) is 0 Å². The molecule has 0 radical (unpaired) electrons. The first kappa shape index (κ1) is 27.3. The second-order valence-corrected chi connectivity index (χ2v) is 12.2. The predicted octanol–water partition coefficient (Wildman–Crippen LogP) is 1.45. The summed E-state index contributed by atoms with van der Waals surface area (Å²) >= 11 is 0. The average Bonchev–Trinajstić information content (AvgIpc) is 3.49. The van der Waals surface area contributed by atoms with Gasteiger partial charge in [-0.25, -0.2) is 4.79 Å². The Morgan fingerprint density at radius 3 is 2.39 bits per heavy atom. The van der Waals surface area contributed by atoms with Crippen molar-refractivity contribution in [3.63, 3.8) is 0 Å². The number of esters is 1. The molecule has 6 aliphatic rings. The first-order valence-electron chi connectivity index (χ1n) is 13.8. The normalized spacial score (nSPS) is 50.5. The Morgan fingerprint density at radius 2 is 1.71 bits per heavy atom. The molecule has 11 atom stereocenters. The van der Waals surface area contributed by atoms with Gasteiger partial charge in [0.1, 0.15) is 19.7 Å². The van der Waals surface area contributed by atoms with Gasteiger partial charge in [0.15, 0.2) is 17.7 Å². The van der Waals surface area contributed by atoms with E-state index in [9.17, 15) is 9.90 Å². The van der Waals surface area contributed by atoms with E-state index in [1.54, 1.807) is 7.11 Å². The highest BCUT2D eigenvalue weighted by atomic mass is 16.7.